The van der Waals surface area contributed by atoms with Crippen LogP contribution in [-0.2, 0) is 6.42 Å². The Hall–Kier alpha value is -2.33. The number of nitrogens with one attached hydrogen (secondary N) is 2. The van der Waals surface area contributed by atoms with Gasteiger partial charge in [-0.2, -0.15) is 0 Å². The van der Waals surface area contributed by atoms with Crippen LogP contribution in [-0.4, -0.2) is 26.1 Å². The predicted molar refractivity (Wildman–Crippen MR) is 86.2 cm³/mol. The van der Waals surface area contributed by atoms with Crippen molar-refractivity contribution in [2.75, 3.05) is 20.2 Å². The number of rotatable bonds is 4. The third kappa shape index (κ3) is 3.12. The number of amides is 1. The molecule has 0 aliphatic carbocycles. The molecule has 2 aromatic rings. The summed E-state index contributed by atoms with van der Waals surface area (Å²) in [6.45, 7) is 1.52. The number of fused-ring (bicyclic) bond motifs is 1. The molecule has 1 heterocycles. The molecule has 4 heteroatoms. The topological polar surface area (TPSA) is 50.4 Å². The van der Waals surface area contributed by atoms with Gasteiger partial charge in [0.2, 0.25) is 0 Å². The molecule has 1 atom stereocenters. The summed E-state index contributed by atoms with van der Waals surface area (Å²) in [6, 6.07) is 15.8. The van der Waals surface area contributed by atoms with Crippen molar-refractivity contribution in [3.8, 4) is 5.75 Å². The first-order valence-electron chi connectivity index (χ1n) is 7.51. The number of methoxy groups -OCH3 is 1. The lowest BCUT2D eigenvalue weighted by atomic mass is 9.94. The molecule has 0 spiro atoms. The third-order valence-corrected chi connectivity index (χ3v) is 4.01. The van der Waals surface area contributed by atoms with Crippen LogP contribution in [0.15, 0.2) is 48.5 Å². The van der Waals surface area contributed by atoms with Crippen molar-refractivity contribution in [3.05, 3.63) is 65.2 Å². The zero-order valence-electron chi connectivity index (χ0n) is 12.6. The van der Waals surface area contributed by atoms with E-state index >= 15 is 0 Å². The van der Waals surface area contributed by atoms with Crippen molar-refractivity contribution < 1.29 is 9.53 Å². The van der Waals surface area contributed by atoms with Crippen LogP contribution in [0.25, 0.3) is 0 Å². The van der Waals surface area contributed by atoms with E-state index in [1.807, 2.05) is 18.2 Å². The minimum atomic E-state index is -0.0799. The normalized spacial score (nSPS) is 16.7. The van der Waals surface area contributed by atoms with Gasteiger partial charge in [-0.25, -0.2) is 0 Å². The minimum Gasteiger partial charge on any atom is -0.497 e. The largest absolute Gasteiger partial charge is 0.497 e. The highest BCUT2D eigenvalue weighted by Crippen LogP contribution is 2.22. The summed E-state index contributed by atoms with van der Waals surface area (Å²) >= 11 is 0. The van der Waals surface area contributed by atoms with Gasteiger partial charge in [0.25, 0.3) is 5.91 Å². The number of benzene rings is 2. The van der Waals surface area contributed by atoms with Crippen LogP contribution in [0.1, 0.15) is 27.5 Å². The molecule has 2 N–H and O–H groups in total. The Kier molecular flexibility index (Phi) is 4.39. The van der Waals surface area contributed by atoms with Crippen molar-refractivity contribution in [3.63, 3.8) is 0 Å². The molecule has 3 rings (SSSR count). The van der Waals surface area contributed by atoms with Crippen molar-refractivity contribution >= 4 is 5.91 Å². The maximum absolute atomic E-state index is 12.3. The fraction of sp³-hybridized carbons (Fsp3) is 0.278. The molecule has 114 valence electrons. The lowest BCUT2D eigenvalue weighted by Crippen LogP contribution is -2.38. The third-order valence-electron chi connectivity index (χ3n) is 4.01. The summed E-state index contributed by atoms with van der Waals surface area (Å²) < 4.78 is 5.15. The Morgan fingerprint density at radius 1 is 1.27 bits per heavy atom. The second kappa shape index (κ2) is 6.62. The number of hydrogen-bond donors (Lipinski definition) is 2. The van der Waals surface area contributed by atoms with Crippen molar-refractivity contribution in [2.45, 2.75) is 12.5 Å². The van der Waals surface area contributed by atoms with Crippen LogP contribution in [0.3, 0.4) is 0 Å². The molecule has 1 aliphatic heterocycles. The molecule has 1 amide bonds. The van der Waals surface area contributed by atoms with Gasteiger partial charge in [0, 0.05) is 18.2 Å². The Balaban J connectivity index is 1.67. The van der Waals surface area contributed by atoms with Gasteiger partial charge in [-0.1, -0.05) is 30.3 Å². The first-order chi connectivity index (χ1) is 10.8. The van der Waals surface area contributed by atoms with Crippen LogP contribution < -0.4 is 15.4 Å². The van der Waals surface area contributed by atoms with Crippen LogP contribution in [0.4, 0.5) is 0 Å². The summed E-state index contributed by atoms with van der Waals surface area (Å²) in [7, 11) is 1.60. The van der Waals surface area contributed by atoms with E-state index in [0.717, 1.165) is 13.0 Å². The molecule has 0 radical (unpaired) electrons. The average molecular weight is 296 g/mol. The number of ether oxygens (including phenoxy) is 1. The minimum absolute atomic E-state index is 0.0799. The zero-order valence-corrected chi connectivity index (χ0v) is 12.6. The first-order valence-corrected chi connectivity index (χ1v) is 7.51. The van der Waals surface area contributed by atoms with E-state index in [2.05, 4.69) is 28.8 Å². The molecule has 0 fully saturated rings. The molecule has 0 saturated heterocycles. The smallest absolute Gasteiger partial charge is 0.251 e. The molecule has 0 saturated carbocycles. The Bertz CT molecular complexity index is 670. The Labute approximate surface area is 130 Å². The standard InChI is InChI=1S/C18H20N2O2/c1-22-15-7-4-6-14(11-15)18(21)20-12-17-16-8-3-2-5-13(16)9-10-19-17/h2-8,11,17,19H,9-10,12H2,1H3,(H,20,21). The van der Waals surface area contributed by atoms with E-state index in [1.165, 1.54) is 11.1 Å². The van der Waals surface area contributed by atoms with E-state index in [-0.39, 0.29) is 11.9 Å². The molecular weight excluding hydrogens is 276 g/mol. The molecule has 0 bridgehead atoms. The highest BCUT2D eigenvalue weighted by molar-refractivity contribution is 5.94. The van der Waals surface area contributed by atoms with Gasteiger partial charge in [0.05, 0.1) is 7.11 Å². The number of hydrogen-bond acceptors (Lipinski definition) is 3. The summed E-state index contributed by atoms with van der Waals surface area (Å²) in [5.74, 6) is 0.609. The van der Waals surface area contributed by atoms with E-state index in [1.54, 1.807) is 19.2 Å². The van der Waals surface area contributed by atoms with Crippen molar-refractivity contribution in [1.82, 2.24) is 10.6 Å². The fourth-order valence-electron chi connectivity index (χ4n) is 2.84. The van der Waals surface area contributed by atoms with Crippen molar-refractivity contribution in [2.24, 2.45) is 0 Å². The average Bonchev–Trinajstić information content (AvgIpc) is 2.59. The first kappa shape index (κ1) is 14.6. The summed E-state index contributed by atoms with van der Waals surface area (Å²) in [5, 5.41) is 6.47. The summed E-state index contributed by atoms with van der Waals surface area (Å²) in [5.41, 5.74) is 3.25. The van der Waals surface area contributed by atoms with Gasteiger partial charge < -0.3 is 15.4 Å². The van der Waals surface area contributed by atoms with Crippen molar-refractivity contribution in [1.29, 1.82) is 0 Å². The van der Waals surface area contributed by atoms with Crippen LogP contribution >= 0.6 is 0 Å². The molecule has 1 unspecified atom stereocenters. The van der Waals surface area contributed by atoms with Gasteiger partial charge in [0.15, 0.2) is 0 Å². The van der Waals surface area contributed by atoms with Crippen LogP contribution in [0.2, 0.25) is 0 Å². The highest BCUT2D eigenvalue weighted by Gasteiger charge is 2.19. The second-order valence-corrected chi connectivity index (χ2v) is 5.40. The maximum Gasteiger partial charge on any atom is 0.251 e. The van der Waals surface area contributed by atoms with E-state index in [9.17, 15) is 4.79 Å². The predicted octanol–water partition coefficient (Wildman–Crippen LogP) is 2.31. The summed E-state index contributed by atoms with van der Waals surface area (Å²) in [6.07, 6.45) is 1.04. The second-order valence-electron chi connectivity index (χ2n) is 5.40. The Morgan fingerprint density at radius 3 is 3.00 bits per heavy atom. The Morgan fingerprint density at radius 2 is 2.14 bits per heavy atom. The lowest BCUT2D eigenvalue weighted by Gasteiger charge is -2.27. The van der Waals surface area contributed by atoms with Gasteiger partial charge in [-0.15, -0.1) is 0 Å². The SMILES string of the molecule is COc1cccc(C(=O)NCC2NCCc3ccccc32)c1. The molecule has 2 aromatic carbocycles. The van der Waals surface area contributed by atoms with Gasteiger partial charge in [-0.05, 0) is 42.3 Å². The van der Waals surface area contributed by atoms with E-state index in [4.69, 9.17) is 4.74 Å². The number of carbonyl (C=O) groups is 1. The highest BCUT2D eigenvalue weighted by atomic mass is 16.5. The lowest BCUT2D eigenvalue weighted by molar-refractivity contribution is 0.0948. The fourth-order valence-corrected chi connectivity index (χ4v) is 2.84. The van der Waals surface area contributed by atoms with Crippen LogP contribution in [0, 0.1) is 0 Å². The monoisotopic (exact) mass is 296 g/mol. The molecule has 0 aromatic heterocycles. The van der Waals surface area contributed by atoms with Gasteiger partial charge >= 0.3 is 0 Å². The quantitative estimate of drug-likeness (QED) is 0.910. The van der Waals surface area contributed by atoms with Gasteiger partial charge in [0.1, 0.15) is 5.75 Å². The van der Waals surface area contributed by atoms with Gasteiger partial charge in [-0.3, -0.25) is 4.79 Å². The molecular formula is C18H20N2O2. The summed E-state index contributed by atoms with van der Waals surface area (Å²) in [4.78, 5) is 12.3. The van der Waals surface area contributed by atoms with Crippen LogP contribution in [0.5, 0.6) is 5.75 Å². The number of carbonyl (C=O) groups excluding carboxylic acids is 1. The molecule has 22 heavy (non-hydrogen) atoms. The maximum atomic E-state index is 12.3. The molecule has 4 nitrogen and oxygen atoms in total. The van der Waals surface area contributed by atoms with E-state index < -0.39 is 0 Å². The van der Waals surface area contributed by atoms with E-state index in [0.29, 0.717) is 17.9 Å². The molecule has 1 aliphatic rings. The zero-order chi connectivity index (χ0) is 15.4.